The van der Waals surface area contributed by atoms with Crippen LogP contribution in [0.15, 0.2) is 17.1 Å². The summed E-state index contributed by atoms with van der Waals surface area (Å²) in [5, 5.41) is 16.5. The van der Waals surface area contributed by atoms with Gasteiger partial charge in [0.2, 0.25) is 0 Å². The molecule has 1 unspecified atom stereocenters. The maximum Gasteiger partial charge on any atom is 0.191 e. The van der Waals surface area contributed by atoms with Crippen LogP contribution in [-0.4, -0.2) is 43.9 Å². The van der Waals surface area contributed by atoms with Gasteiger partial charge in [0.1, 0.15) is 6.10 Å². The molecule has 0 spiro atoms. The van der Waals surface area contributed by atoms with E-state index in [0.29, 0.717) is 16.8 Å². The van der Waals surface area contributed by atoms with Gasteiger partial charge in [-0.05, 0) is 31.9 Å². The largest absolute Gasteiger partial charge is 0.386 e. The zero-order valence-electron chi connectivity index (χ0n) is 14.4. The smallest absolute Gasteiger partial charge is 0.191 e. The Labute approximate surface area is 171 Å². The molecule has 1 heterocycles. The van der Waals surface area contributed by atoms with Gasteiger partial charge < -0.3 is 20.5 Å². The van der Waals surface area contributed by atoms with Gasteiger partial charge in [-0.1, -0.05) is 24.9 Å². The Balaban J connectivity index is 0.00000529. The second-order valence-corrected chi connectivity index (χ2v) is 6.87. The van der Waals surface area contributed by atoms with Crippen LogP contribution >= 0.6 is 46.9 Å². The van der Waals surface area contributed by atoms with Gasteiger partial charge in [-0.25, -0.2) is 0 Å². The average Bonchev–Trinajstić information content (AvgIpc) is 2.98. The molecule has 0 fully saturated rings. The molecule has 0 radical (unpaired) electrons. The van der Waals surface area contributed by atoms with Gasteiger partial charge in [-0.2, -0.15) is 0 Å². The summed E-state index contributed by atoms with van der Waals surface area (Å²) in [7, 11) is 0. The van der Waals surface area contributed by atoms with E-state index in [0.717, 1.165) is 50.4 Å². The van der Waals surface area contributed by atoms with Crippen LogP contribution in [0.2, 0.25) is 4.34 Å². The molecular formula is C16H29ClIN3O2S. The molecule has 3 N–H and O–H groups in total. The molecular weight excluding hydrogens is 461 g/mol. The predicted octanol–water partition coefficient (Wildman–Crippen LogP) is 3.81. The first-order chi connectivity index (χ1) is 11.2. The van der Waals surface area contributed by atoms with Gasteiger partial charge in [0.05, 0.1) is 10.9 Å². The standard InChI is InChI=1S/C16H28ClN3O2S.HI/c1-3-5-10-22-11-6-9-19-16(18-4-2)20-12-13(21)14-7-8-15(17)23-14;/h7-8,13,21H,3-6,9-12H2,1-2H3,(H2,18,19,20);1H. The predicted molar refractivity (Wildman–Crippen MR) is 114 cm³/mol. The number of nitrogens with zero attached hydrogens (tertiary/aromatic N) is 1. The Hall–Kier alpha value is -0.0900. The molecule has 1 atom stereocenters. The van der Waals surface area contributed by atoms with Gasteiger partial charge in [0.15, 0.2) is 5.96 Å². The Morgan fingerprint density at radius 1 is 1.29 bits per heavy atom. The molecule has 24 heavy (non-hydrogen) atoms. The van der Waals surface area contributed by atoms with Gasteiger partial charge in [-0.3, -0.25) is 4.99 Å². The SMILES string of the molecule is CCCCOCCCNC(=NCC(O)c1ccc(Cl)s1)NCC.I. The van der Waals surface area contributed by atoms with E-state index < -0.39 is 6.10 Å². The molecule has 0 aromatic carbocycles. The number of aliphatic hydroxyl groups excluding tert-OH is 1. The number of hydrogen-bond acceptors (Lipinski definition) is 4. The van der Waals surface area contributed by atoms with Crippen LogP contribution in [0.4, 0.5) is 0 Å². The minimum absolute atomic E-state index is 0. The van der Waals surface area contributed by atoms with E-state index in [2.05, 4.69) is 22.5 Å². The first kappa shape index (κ1) is 23.9. The number of aliphatic hydroxyl groups is 1. The fourth-order valence-corrected chi connectivity index (χ4v) is 2.88. The summed E-state index contributed by atoms with van der Waals surface area (Å²) in [6.07, 6.45) is 2.58. The van der Waals surface area contributed by atoms with Crippen LogP contribution in [0, 0.1) is 0 Å². The van der Waals surface area contributed by atoms with Crippen LogP contribution in [0.5, 0.6) is 0 Å². The summed E-state index contributed by atoms with van der Waals surface area (Å²) in [4.78, 5) is 5.25. The highest BCUT2D eigenvalue weighted by Gasteiger charge is 2.10. The van der Waals surface area contributed by atoms with Crippen LogP contribution < -0.4 is 10.6 Å². The lowest BCUT2D eigenvalue weighted by molar-refractivity contribution is 0.129. The van der Waals surface area contributed by atoms with Gasteiger partial charge in [-0.15, -0.1) is 35.3 Å². The highest BCUT2D eigenvalue weighted by Crippen LogP contribution is 2.26. The molecule has 0 bridgehead atoms. The van der Waals surface area contributed by atoms with Crippen molar-refractivity contribution in [1.82, 2.24) is 10.6 Å². The summed E-state index contributed by atoms with van der Waals surface area (Å²) in [6.45, 7) is 7.63. The number of ether oxygens (including phenoxy) is 1. The molecule has 0 aliphatic heterocycles. The minimum atomic E-state index is -0.625. The maximum absolute atomic E-state index is 10.1. The molecule has 8 heteroatoms. The highest BCUT2D eigenvalue weighted by atomic mass is 127. The molecule has 0 amide bonds. The van der Waals surface area contributed by atoms with Crippen molar-refractivity contribution in [2.75, 3.05) is 32.8 Å². The van der Waals surface area contributed by atoms with Crippen LogP contribution in [-0.2, 0) is 4.74 Å². The summed E-state index contributed by atoms with van der Waals surface area (Å²) in [5.74, 6) is 0.711. The van der Waals surface area contributed by atoms with Gasteiger partial charge in [0, 0.05) is 31.2 Å². The number of halogens is 2. The summed E-state index contributed by atoms with van der Waals surface area (Å²) < 4.78 is 6.20. The number of hydrogen-bond donors (Lipinski definition) is 3. The van der Waals surface area contributed by atoms with Crippen molar-refractivity contribution in [3.8, 4) is 0 Å². The van der Waals surface area contributed by atoms with Crippen molar-refractivity contribution in [2.45, 2.75) is 39.2 Å². The third-order valence-corrected chi connectivity index (χ3v) is 4.42. The maximum atomic E-state index is 10.1. The Morgan fingerprint density at radius 3 is 2.67 bits per heavy atom. The highest BCUT2D eigenvalue weighted by molar-refractivity contribution is 14.0. The lowest BCUT2D eigenvalue weighted by Crippen LogP contribution is -2.38. The third-order valence-electron chi connectivity index (χ3n) is 3.09. The molecule has 1 aromatic rings. The quantitative estimate of drug-likeness (QED) is 0.191. The number of unbranched alkanes of at least 4 members (excludes halogenated alkanes) is 1. The second kappa shape index (κ2) is 15.2. The Morgan fingerprint density at radius 2 is 2.04 bits per heavy atom. The van der Waals surface area contributed by atoms with E-state index in [9.17, 15) is 5.11 Å². The minimum Gasteiger partial charge on any atom is -0.386 e. The molecule has 1 aromatic heterocycles. The summed E-state index contributed by atoms with van der Waals surface area (Å²) >= 11 is 7.26. The monoisotopic (exact) mass is 489 g/mol. The number of nitrogens with one attached hydrogen (secondary N) is 2. The summed E-state index contributed by atoms with van der Waals surface area (Å²) in [5.41, 5.74) is 0. The fraction of sp³-hybridized carbons (Fsp3) is 0.688. The van der Waals surface area contributed by atoms with E-state index in [4.69, 9.17) is 16.3 Å². The van der Waals surface area contributed by atoms with Crippen molar-refractivity contribution < 1.29 is 9.84 Å². The van der Waals surface area contributed by atoms with Crippen molar-refractivity contribution in [2.24, 2.45) is 4.99 Å². The van der Waals surface area contributed by atoms with Crippen molar-refractivity contribution in [3.05, 3.63) is 21.3 Å². The van der Waals surface area contributed by atoms with Crippen molar-refractivity contribution >= 4 is 52.9 Å². The first-order valence-electron chi connectivity index (χ1n) is 8.20. The Kier molecular flexibility index (Phi) is 15.1. The molecule has 5 nitrogen and oxygen atoms in total. The average molecular weight is 490 g/mol. The van der Waals surface area contributed by atoms with Gasteiger partial charge >= 0.3 is 0 Å². The van der Waals surface area contributed by atoms with E-state index in [1.54, 1.807) is 6.07 Å². The molecule has 0 aliphatic rings. The van der Waals surface area contributed by atoms with Gasteiger partial charge in [0.25, 0.3) is 0 Å². The number of aliphatic imine (C=N–C) groups is 1. The number of thiophene rings is 1. The zero-order chi connectivity index (χ0) is 16.9. The third kappa shape index (κ3) is 10.7. The molecule has 0 saturated heterocycles. The number of guanidine groups is 1. The van der Waals surface area contributed by atoms with E-state index in [1.165, 1.54) is 11.3 Å². The summed E-state index contributed by atoms with van der Waals surface area (Å²) in [6, 6.07) is 3.62. The lowest BCUT2D eigenvalue weighted by Gasteiger charge is -2.12. The molecule has 1 rings (SSSR count). The fourth-order valence-electron chi connectivity index (χ4n) is 1.85. The lowest BCUT2D eigenvalue weighted by atomic mass is 10.3. The van der Waals surface area contributed by atoms with Crippen LogP contribution in [0.3, 0.4) is 0 Å². The molecule has 140 valence electrons. The van der Waals surface area contributed by atoms with E-state index in [-0.39, 0.29) is 24.0 Å². The molecule has 0 aliphatic carbocycles. The second-order valence-electron chi connectivity index (χ2n) is 5.12. The van der Waals surface area contributed by atoms with Crippen molar-refractivity contribution in [1.29, 1.82) is 0 Å². The topological polar surface area (TPSA) is 65.9 Å². The van der Waals surface area contributed by atoms with E-state index >= 15 is 0 Å². The van der Waals surface area contributed by atoms with Crippen LogP contribution in [0.25, 0.3) is 0 Å². The zero-order valence-corrected chi connectivity index (χ0v) is 18.3. The first-order valence-corrected chi connectivity index (χ1v) is 9.40. The Bertz CT molecular complexity index is 460. The number of rotatable bonds is 11. The normalized spacial score (nSPS) is 12.6. The van der Waals surface area contributed by atoms with E-state index in [1.807, 2.05) is 13.0 Å². The van der Waals surface area contributed by atoms with Crippen LogP contribution in [0.1, 0.15) is 44.1 Å². The molecule has 0 saturated carbocycles. The van der Waals surface area contributed by atoms with Crippen molar-refractivity contribution in [3.63, 3.8) is 0 Å².